The number of cyclic esters (lactones) is 1. The SMILES string of the molecule is CCOC(=O)c1ccccc1NC(=O)[C@H]1CCC(=O)N1[C@H]1OC(=O)c2c1ccc(OC)c2OC. The minimum absolute atomic E-state index is 0.105. The number of hydrogen-bond donors (Lipinski definition) is 1. The minimum atomic E-state index is -1.09. The lowest BCUT2D eigenvalue weighted by molar-refractivity contribution is -0.144. The Hall–Kier alpha value is -4.08. The van der Waals surface area contributed by atoms with E-state index in [1.165, 1.54) is 19.1 Å². The number of anilines is 1. The minimum Gasteiger partial charge on any atom is -0.493 e. The number of carbonyl (C=O) groups is 4. The summed E-state index contributed by atoms with van der Waals surface area (Å²) in [5.74, 6) is -1.55. The number of fused-ring (bicyclic) bond motifs is 1. The van der Waals surface area contributed by atoms with Crippen LogP contribution >= 0.6 is 0 Å². The predicted octanol–water partition coefficient (Wildman–Crippen LogP) is 2.68. The van der Waals surface area contributed by atoms with E-state index in [4.69, 9.17) is 18.9 Å². The summed E-state index contributed by atoms with van der Waals surface area (Å²) in [6.07, 6.45) is -0.759. The normalized spacial score (nSPS) is 18.9. The molecule has 4 rings (SSSR count). The number of nitrogens with one attached hydrogen (secondary N) is 1. The molecule has 0 bridgehead atoms. The summed E-state index contributed by atoms with van der Waals surface area (Å²) in [5.41, 5.74) is 1.02. The van der Waals surface area contributed by atoms with E-state index in [1.54, 1.807) is 43.3 Å². The number of amides is 2. The highest BCUT2D eigenvalue weighted by molar-refractivity contribution is 6.05. The number of carbonyl (C=O) groups excluding carboxylic acids is 4. The maximum absolute atomic E-state index is 13.2. The highest BCUT2D eigenvalue weighted by Gasteiger charge is 2.47. The number of ether oxygens (including phenoxy) is 4. The van der Waals surface area contributed by atoms with E-state index >= 15 is 0 Å². The monoisotopic (exact) mass is 468 g/mol. The molecule has 0 spiro atoms. The molecule has 2 atom stereocenters. The molecule has 0 aromatic heterocycles. The van der Waals surface area contributed by atoms with Crippen molar-refractivity contribution in [2.45, 2.75) is 32.0 Å². The molecule has 2 amide bonds. The van der Waals surface area contributed by atoms with E-state index in [1.807, 2.05) is 0 Å². The molecule has 178 valence electrons. The van der Waals surface area contributed by atoms with Crippen LogP contribution in [-0.2, 0) is 19.1 Å². The Bertz CT molecular complexity index is 1160. The van der Waals surface area contributed by atoms with E-state index in [2.05, 4.69) is 5.32 Å². The first kappa shape index (κ1) is 23.1. The smallest absolute Gasteiger partial charge is 0.344 e. The van der Waals surface area contributed by atoms with Crippen molar-refractivity contribution in [2.75, 3.05) is 26.1 Å². The summed E-state index contributed by atoms with van der Waals surface area (Å²) in [6.45, 7) is 1.87. The summed E-state index contributed by atoms with van der Waals surface area (Å²) < 4.78 is 21.2. The zero-order valence-electron chi connectivity index (χ0n) is 19.0. The molecule has 2 aliphatic rings. The van der Waals surface area contributed by atoms with Crippen LogP contribution in [0.25, 0.3) is 0 Å². The van der Waals surface area contributed by atoms with E-state index in [9.17, 15) is 19.2 Å². The number of para-hydroxylation sites is 1. The second-order valence-electron chi connectivity index (χ2n) is 7.63. The Kier molecular flexibility index (Phi) is 6.40. The highest BCUT2D eigenvalue weighted by atomic mass is 16.6. The molecule has 10 nitrogen and oxygen atoms in total. The average molecular weight is 468 g/mol. The van der Waals surface area contributed by atoms with Gasteiger partial charge in [0.25, 0.3) is 0 Å². The van der Waals surface area contributed by atoms with Gasteiger partial charge in [0, 0.05) is 12.0 Å². The van der Waals surface area contributed by atoms with Crippen LogP contribution in [0.2, 0.25) is 0 Å². The molecule has 1 fully saturated rings. The zero-order chi connectivity index (χ0) is 24.4. The quantitative estimate of drug-likeness (QED) is 0.616. The molecule has 1 N–H and O–H groups in total. The molecule has 34 heavy (non-hydrogen) atoms. The first-order valence-electron chi connectivity index (χ1n) is 10.7. The van der Waals surface area contributed by atoms with Gasteiger partial charge in [-0.15, -0.1) is 0 Å². The lowest BCUT2D eigenvalue weighted by atomic mass is 10.0. The maximum Gasteiger partial charge on any atom is 0.344 e. The molecule has 10 heteroatoms. The Balaban J connectivity index is 1.64. The van der Waals surface area contributed by atoms with Gasteiger partial charge < -0.3 is 24.3 Å². The van der Waals surface area contributed by atoms with Crippen molar-refractivity contribution in [3.05, 3.63) is 53.1 Å². The zero-order valence-corrected chi connectivity index (χ0v) is 19.0. The van der Waals surface area contributed by atoms with Gasteiger partial charge in [-0.2, -0.15) is 0 Å². The van der Waals surface area contributed by atoms with Gasteiger partial charge in [0.05, 0.1) is 32.1 Å². The van der Waals surface area contributed by atoms with Crippen molar-refractivity contribution < 1.29 is 38.1 Å². The molecule has 0 radical (unpaired) electrons. The van der Waals surface area contributed by atoms with E-state index < -0.39 is 30.1 Å². The predicted molar refractivity (Wildman–Crippen MR) is 119 cm³/mol. The van der Waals surface area contributed by atoms with Crippen molar-refractivity contribution in [1.29, 1.82) is 0 Å². The van der Waals surface area contributed by atoms with Crippen molar-refractivity contribution in [2.24, 2.45) is 0 Å². The van der Waals surface area contributed by atoms with Crippen LogP contribution < -0.4 is 14.8 Å². The number of hydrogen-bond acceptors (Lipinski definition) is 8. The standard InChI is InChI=1S/C24H24N2O8/c1-4-33-23(29)13-7-5-6-8-15(13)25-21(28)16-10-12-18(27)26(16)22-14-9-11-17(31-2)20(32-3)19(14)24(30)34-22/h5-9,11,16,22H,4,10,12H2,1-3H3,(H,25,28)/t16-,22+/m1/s1. The second-order valence-corrected chi connectivity index (χ2v) is 7.63. The lowest BCUT2D eigenvalue weighted by Gasteiger charge is -2.29. The second kappa shape index (κ2) is 9.42. The Morgan fingerprint density at radius 1 is 1.12 bits per heavy atom. The van der Waals surface area contributed by atoms with Crippen molar-refractivity contribution in [1.82, 2.24) is 4.90 Å². The molecule has 1 saturated heterocycles. The Morgan fingerprint density at radius 3 is 2.59 bits per heavy atom. The van der Waals surface area contributed by atoms with Gasteiger partial charge in [0.15, 0.2) is 11.5 Å². The van der Waals surface area contributed by atoms with Crippen molar-refractivity contribution >= 4 is 29.4 Å². The molecule has 0 unspecified atom stereocenters. The third-order valence-electron chi connectivity index (χ3n) is 5.76. The Labute approximate surface area is 195 Å². The number of rotatable bonds is 7. The molecular weight excluding hydrogens is 444 g/mol. The molecular formula is C24H24N2O8. The van der Waals surface area contributed by atoms with Gasteiger partial charge in [-0.1, -0.05) is 12.1 Å². The number of esters is 2. The van der Waals surface area contributed by atoms with E-state index in [-0.39, 0.29) is 47.9 Å². The third kappa shape index (κ3) is 3.91. The van der Waals surface area contributed by atoms with Crippen LogP contribution in [0.5, 0.6) is 11.5 Å². The largest absolute Gasteiger partial charge is 0.493 e. The van der Waals surface area contributed by atoms with Crippen LogP contribution in [0.3, 0.4) is 0 Å². The van der Waals surface area contributed by atoms with Gasteiger partial charge in [-0.3, -0.25) is 14.5 Å². The number of nitrogens with zero attached hydrogens (tertiary/aromatic N) is 1. The summed E-state index contributed by atoms with van der Waals surface area (Å²) >= 11 is 0. The van der Waals surface area contributed by atoms with Crippen LogP contribution in [0.1, 0.15) is 52.3 Å². The number of likely N-dealkylation sites (tertiary alicyclic amines) is 1. The summed E-state index contributed by atoms with van der Waals surface area (Å²) in [5, 5.41) is 2.72. The van der Waals surface area contributed by atoms with E-state index in [0.29, 0.717) is 11.3 Å². The van der Waals surface area contributed by atoms with Crippen molar-refractivity contribution in [3.8, 4) is 11.5 Å². The first-order valence-corrected chi connectivity index (χ1v) is 10.7. The molecule has 0 aliphatic carbocycles. The fraction of sp³-hybridized carbons (Fsp3) is 0.333. The molecule has 0 saturated carbocycles. The topological polar surface area (TPSA) is 120 Å². The highest BCUT2D eigenvalue weighted by Crippen LogP contribution is 2.45. The van der Waals surface area contributed by atoms with Crippen LogP contribution in [0, 0.1) is 0 Å². The van der Waals surface area contributed by atoms with Crippen molar-refractivity contribution in [3.63, 3.8) is 0 Å². The molecule has 2 aliphatic heterocycles. The molecule has 2 aromatic carbocycles. The Morgan fingerprint density at radius 2 is 1.88 bits per heavy atom. The first-order chi connectivity index (χ1) is 16.4. The number of methoxy groups -OCH3 is 2. The van der Waals surface area contributed by atoms with Crippen LogP contribution in [-0.4, -0.2) is 55.5 Å². The fourth-order valence-corrected chi connectivity index (χ4v) is 4.24. The average Bonchev–Trinajstić information content (AvgIpc) is 3.38. The fourth-order valence-electron chi connectivity index (χ4n) is 4.24. The van der Waals surface area contributed by atoms with Gasteiger partial charge in [0.2, 0.25) is 18.0 Å². The number of benzene rings is 2. The van der Waals surface area contributed by atoms with Crippen LogP contribution in [0.4, 0.5) is 5.69 Å². The summed E-state index contributed by atoms with van der Waals surface area (Å²) in [4.78, 5) is 52.3. The van der Waals surface area contributed by atoms with Gasteiger partial charge in [-0.05, 0) is 37.6 Å². The van der Waals surface area contributed by atoms with Gasteiger partial charge >= 0.3 is 11.9 Å². The van der Waals surface area contributed by atoms with Gasteiger partial charge in [0.1, 0.15) is 11.6 Å². The molecule has 2 aromatic rings. The maximum atomic E-state index is 13.2. The lowest BCUT2D eigenvalue weighted by Crippen LogP contribution is -2.44. The summed E-state index contributed by atoms with van der Waals surface area (Å²) in [7, 11) is 2.84. The van der Waals surface area contributed by atoms with Crippen LogP contribution in [0.15, 0.2) is 36.4 Å². The third-order valence-corrected chi connectivity index (χ3v) is 5.76. The summed E-state index contributed by atoms with van der Waals surface area (Å²) in [6, 6.07) is 8.75. The van der Waals surface area contributed by atoms with Gasteiger partial charge in [-0.25, -0.2) is 9.59 Å². The molecule has 2 heterocycles. The van der Waals surface area contributed by atoms with E-state index in [0.717, 1.165) is 0 Å².